The van der Waals surface area contributed by atoms with Crippen LogP contribution in [0, 0.1) is 13.8 Å². The zero-order valence-electron chi connectivity index (χ0n) is 13.9. The number of hydrogen-bond donors (Lipinski definition) is 2. The van der Waals surface area contributed by atoms with Crippen molar-refractivity contribution in [2.45, 2.75) is 20.0 Å². The molecule has 0 aliphatic carbocycles. The number of ether oxygens (including phenoxy) is 2. The van der Waals surface area contributed by atoms with Crippen molar-refractivity contribution in [3.05, 3.63) is 41.7 Å². The number of carbonyl (C=O) groups is 1. The van der Waals surface area contributed by atoms with Crippen molar-refractivity contribution < 1.29 is 14.3 Å². The molecule has 7 heteroatoms. The molecule has 2 N–H and O–H groups in total. The zero-order chi connectivity index (χ0) is 16.9. The summed E-state index contributed by atoms with van der Waals surface area (Å²) in [6.45, 7) is 6.01. The number of anilines is 1. The SMILES string of the molecule is Cc1cc(C)n(-c2ccccc2NC(=O)NC[C@H]2COCCO2)n1. The molecule has 0 spiro atoms. The summed E-state index contributed by atoms with van der Waals surface area (Å²) >= 11 is 0. The Morgan fingerprint density at radius 3 is 2.88 bits per heavy atom. The molecular formula is C17H22N4O3. The molecule has 3 rings (SSSR count). The van der Waals surface area contributed by atoms with E-state index < -0.39 is 0 Å². The highest BCUT2D eigenvalue weighted by atomic mass is 16.6. The summed E-state index contributed by atoms with van der Waals surface area (Å²) in [4.78, 5) is 12.2. The number of aromatic nitrogens is 2. The van der Waals surface area contributed by atoms with Crippen molar-refractivity contribution in [3.63, 3.8) is 0 Å². The predicted molar refractivity (Wildman–Crippen MR) is 90.6 cm³/mol. The summed E-state index contributed by atoms with van der Waals surface area (Å²) in [6.07, 6.45) is -0.101. The molecule has 1 atom stereocenters. The van der Waals surface area contributed by atoms with E-state index >= 15 is 0 Å². The maximum absolute atomic E-state index is 12.2. The lowest BCUT2D eigenvalue weighted by Gasteiger charge is -2.23. The van der Waals surface area contributed by atoms with Crippen LogP contribution in [0.15, 0.2) is 30.3 Å². The summed E-state index contributed by atoms with van der Waals surface area (Å²) in [5.74, 6) is 0. The Morgan fingerprint density at radius 1 is 1.33 bits per heavy atom. The normalized spacial score (nSPS) is 17.5. The minimum atomic E-state index is -0.279. The van der Waals surface area contributed by atoms with Gasteiger partial charge in [-0.15, -0.1) is 0 Å². The second-order valence-electron chi connectivity index (χ2n) is 5.76. The maximum Gasteiger partial charge on any atom is 0.319 e. The van der Waals surface area contributed by atoms with E-state index in [1.54, 1.807) is 0 Å². The first-order valence-electron chi connectivity index (χ1n) is 8.00. The smallest absolute Gasteiger partial charge is 0.319 e. The average molecular weight is 330 g/mol. The van der Waals surface area contributed by atoms with Gasteiger partial charge >= 0.3 is 6.03 Å². The van der Waals surface area contributed by atoms with Crippen molar-refractivity contribution in [2.24, 2.45) is 0 Å². The van der Waals surface area contributed by atoms with Crippen LogP contribution in [0.4, 0.5) is 10.5 Å². The third kappa shape index (κ3) is 3.93. The van der Waals surface area contributed by atoms with Gasteiger partial charge in [-0.1, -0.05) is 12.1 Å². The Morgan fingerprint density at radius 2 is 2.17 bits per heavy atom. The summed E-state index contributed by atoms with van der Waals surface area (Å²) in [5.41, 5.74) is 3.47. The molecule has 1 fully saturated rings. The Kier molecular flexibility index (Phi) is 5.12. The number of nitrogens with one attached hydrogen (secondary N) is 2. The number of carbonyl (C=O) groups excluding carboxylic acids is 1. The lowest BCUT2D eigenvalue weighted by Crippen LogP contribution is -2.41. The van der Waals surface area contributed by atoms with Gasteiger partial charge in [-0.2, -0.15) is 5.10 Å². The fraction of sp³-hybridized carbons (Fsp3) is 0.412. The molecule has 0 radical (unpaired) electrons. The predicted octanol–water partition coefficient (Wildman–Crippen LogP) is 2.03. The van der Waals surface area contributed by atoms with Gasteiger partial charge in [0.15, 0.2) is 0 Å². The highest BCUT2D eigenvalue weighted by Gasteiger charge is 2.16. The van der Waals surface area contributed by atoms with Crippen LogP contribution >= 0.6 is 0 Å². The first-order chi connectivity index (χ1) is 11.6. The minimum Gasteiger partial charge on any atom is -0.376 e. The fourth-order valence-electron chi connectivity index (χ4n) is 2.66. The monoisotopic (exact) mass is 330 g/mol. The van der Waals surface area contributed by atoms with Gasteiger partial charge in [-0.3, -0.25) is 0 Å². The van der Waals surface area contributed by atoms with Crippen LogP contribution in [-0.4, -0.2) is 48.3 Å². The van der Waals surface area contributed by atoms with Crippen LogP contribution in [0.3, 0.4) is 0 Å². The van der Waals surface area contributed by atoms with E-state index in [9.17, 15) is 4.79 Å². The standard InChI is InChI=1S/C17H22N4O3/c1-12-9-13(2)21(20-12)16-6-4-3-5-15(16)19-17(22)18-10-14-11-23-7-8-24-14/h3-6,9,14H,7-8,10-11H2,1-2H3,(H2,18,19,22)/t14-/m0/s1. The summed E-state index contributed by atoms with van der Waals surface area (Å²) in [6, 6.07) is 9.29. The number of hydrogen-bond acceptors (Lipinski definition) is 4. The van der Waals surface area contributed by atoms with Crippen molar-refractivity contribution >= 4 is 11.7 Å². The minimum absolute atomic E-state index is 0.101. The molecule has 0 bridgehead atoms. The van der Waals surface area contributed by atoms with E-state index in [1.807, 2.05) is 48.9 Å². The molecule has 128 valence electrons. The maximum atomic E-state index is 12.2. The lowest BCUT2D eigenvalue weighted by molar-refractivity contribution is -0.0852. The number of urea groups is 1. The molecule has 24 heavy (non-hydrogen) atoms. The molecular weight excluding hydrogens is 308 g/mol. The molecule has 2 aromatic rings. The molecule has 2 amide bonds. The van der Waals surface area contributed by atoms with E-state index in [1.165, 1.54) is 0 Å². The fourth-order valence-corrected chi connectivity index (χ4v) is 2.66. The molecule has 1 aromatic heterocycles. The van der Waals surface area contributed by atoms with Crippen molar-refractivity contribution in [1.82, 2.24) is 15.1 Å². The van der Waals surface area contributed by atoms with Crippen LogP contribution in [0.5, 0.6) is 0 Å². The van der Waals surface area contributed by atoms with Gasteiger partial charge in [-0.25, -0.2) is 9.48 Å². The highest BCUT2D eigenvalue weighted by Crippen LogP contribution is 2.21. The Bertz CT molecular complexity index is 708. The van der Waals surface area contributed by atoms with Gasteiger partial charge in [0.2, 0.25) is 0 Å². The van der Waals surface area contributed by atoms with E-state index in [0.29, 0.717) is 32.1 Å². The van der Waals surface area contributed by atoms with Crippen molar-refractivity contribution in [3.8, 4) is 5.69 Å². The van der Waals surface area contributed by atoms with Gasteiger partial charge in [0, 0.05) is 12.2 Å². The van der Waals surface area contributed by atoms with Gasteiger partial charge in [-0.05, 0) is 32.0 Å². The average Bonchev–Trinajstić information content (AvgIpc) is 2.93. The quantitative estimate of drug-likeness (QED) is 0.899. The van der Waals surface area contributed by atoms with Crippen LogP contribution in [0.1, 0.15) is 11.4 Å². The molecule has 0 saturated carbocycles. The van der Waals surface area contributed by atoms with E-state index in [-0.39, 0.29) is 12.1 Å². The van der Waals surface area contributed by atoms with Gasteiger partial charge in [0.05, 0.1) is 43.0 Å². The molecule has 0 unspecified atom stereocenters. The second kappa shape index (κ2) is 7.46. The number of benzene rings is 1. The molecule has 1 aromatic carbocycles. The Hall–Kier alpha value is -2.38. The number of amides is 2. The van der Waals surface area contributed by atoms with Gasteiger partial charge < -0.3 is 20.1 Å². The first-order valence-corrected chi connectivity index (χ1v) is 8.00. The van der Waals surface area contributed by atoms with Crippen LogP contribution in [0.2, 0.25) is 0 Å². The second-order valence-corrected chi connectivity index (χ2v) is 5.76. The van der Waals surface area contributed by atoms with E-state index in [2.05, 4.69) is 15.7 Å². The van der Waals surface area contributed by atoms with Crippen molar-refractivity contribution in [1.29, 1.82) is 0 Å². The van der Waals surface area contributed by atoms with Crippen LogP contribution in [0.25, 0.3) is 5.69 Å². The summed E-state index contributed by atoms with van der Waals surface area (Å²) in [7, 11) is 0. The zero-order valence-corrected chi connectivity index (χ0v) is 13.9. The molecule has 7 nitrogen and oxygen atoms in total. The number of nitrogens with zero attached hydrogens (tertiary/aromatic N) is 2. The van der Waals surface area contributed by atoms with Gasteiger partial charge in [0.25, 0.3) is 0 Å². The third-order valence-corrected chi connectivity index (χ3v) is 3.77. The largest absolute Gasteiger partial charge is 0.376 e. The lowest BCUT2D eigenvalue weighted by atomic mass is 10.2. The summed E-state index contributed by atoms with van der Waals surface area (Å²) < 4.78 is 12.6. The summed E-state index contributed by atoms with van der Waals surface area (Å²) in [5, 5.41) is 10.2. The Balaban J connectivity index is 1.66. The highest BCUT2D eigenvalue weighted by molar-refractivity contribution is 5.91. The van der Waals surface area contributed by atoms with Gasteiger partial charge in [0.1, 0.15) is 0 Å². The third-order valence-electron chi connectivity index (χ3n) is 3.77. The number of aryl methyl sites for hydroxylation is 2. The molecule has 2 heterocycles. The van der Waals surface area contributed by atoms with E-state index in [0.717, 1.165) is 17.1 Å². The Labute approximate surface area is 140 Å². The molecule has 1 aliphatic heterocycles. The topological polar surface area (TPSA) is 77.4 Å². The molecule has 1 aliphatic rings. The van der Waals surface area contributed by atoms with Crippen LogP contribution in [-0.2, 0) is 9.47 Å². The molecule has 1 saturated heterocycles. The first kappa shape index (κ1) is 16.5. The van der Waals surface area contributed by atoms with E-state index in [4.69, 9.17) is 9.47 Å². The van der Waals surface area contributed by atoms with Crippen LogP contribution < -0.4 is 10.6 Å². The number of rotatable bonds is 4. The number of para-hydroxylation sites is 2. The van der Waals surface area contributed by atoms with Crippen molar-refractivity contribution in [2.75, 3.05) is 31.7 Å².